The van der Waals surface area contributed by atoms with E-state index in [1.807, 2.05) is 30.3 Å². The lowest BCUT2D eigenvalue weighted by Gasteiger charge is -2.31. The molecule has 128 valence electrons. The van der Waals surface area contributed by atoms with Gasteiger partial charge in [-0.1, -0.05) is 12.1 Å². The van der Waals surface area contributed by atoms with Gasteiger partial charge in [-0.25, -0.2) is 8.42 Å². The van der Waals surface area contributed by atoms with Gasteiger partial charge in [-0.3, -0.25) is 4.31 Å². The van der Waals surface area contributed by atoms with Crippen molar-refractivity contribution in [3.05, 3.63) is 53.1 Å². The number of halogens is 1. The summed E-state index contributed by atoms with van der Waals surface area (Å²) in [6.07, 6.45) is 4.77. The summed E-state index contributed by atoms with van der Waals surface area (Å²) >= 11 is 0. The highest BCUT2D eigenvalue weighted by Gasteiger charge is 2.30. The van der Waals surface area contributed by atoms with E-state index in [1.54, 1.807) is 6.07 Å². The van der Waals surface area contributed by atoms with Crippen LogP contribution in [-0.2, 0) is 29.3 Å². The van der Waals surface area contributed by atoms with Crippen LogP contribution < -0.4 is 10.0 Å². The standard InChI is InChI=1S/C18H20N2O2S.ClH/c19-17-7-2-8-18-16(17)6-3-11-20(18)23(21,22)15-10-9-13-4-1-5-14(13)12-15;/h2,7-10,12H,1,3-6,11,19H2;1H. The van der Waals surface area contributed by atoms with Crippen LogP contribution in [0.5, 0.6) is 0 Å². The largest absolute Gasteiger partial charge is 0.398 e. The monoisotopic (exact) mass is 364 g/mol. The van der Waals surface area contributed by atoms with E-state index in [1.165, 1.54) is 15.4 Å². The first-order valence-corrected chi connectivity index (χ1v) is 9.53. The number of sulfonamides is 1. The van der Waals surface area contributed by atoms with Crippen LogP contribution in [0.4, 0.5) is 11.4 Å². The first kappa shape index (κ1) is 17.1. The lowest BCUT2D eigenvalue weighted by Crippen LogP contribution is -2.35. The van der Waals surface area contributed by atoms with E-state index in [2.05, 4.69) is 0 Å². The first-order valence-electron chi connectivity index (χ1n) is 8.09. The van der Waals surface area contributed by atoms with E-state index in [4.69, 9.17) is 5.73 Å². The van der Waals surface area contributed by atoms with Crippen molar-refractivity contribution in [2.75, 3.05) is 16.6 Å². The van der Waals surface area contributed by atoms with Crippen molar-refractivity contribution in [3.63, 3.8) is 0 Å². The van der Waals surface area contributed by atoms with E-state index >= 15 is 0 Å². The van der Waals surface area contributed by atoms with Crippen molar-refractivity contribution >= 4 is 33.8 Å². The van der Waals surface area contributed by atoms with E-state index < -0.39 is 10.0 Å². The quantitative estimate of drug-likeness (QED) is 0.831. The molecule has 0 radical (unpaired) electrons. The normalized spacial score (nSPS) is 16.2. The predicted molar refractivity (Wildman–Crippen MR) is 99.4 cm³/mol. The molecule has 0 saturated heterocycles. The molecule has 1 aliphatic heterocycles. The topological polar surface area (TPSA) is 63.4 Å². The Bertz CT molecular complexity index is 881. The van der Waals surface area contributed by atoms with Crippen molar-refractivity contribution in [2.24, 2.45) is 0 Å². The third-order valence-electron chi connectivity index (χ3n) is 4.90. The Balaban J connectivity index is 0.00000169. The van der Waals surface area contributed by atoms with E-state index in [-0.39, 0.29) is 12.4 Å². The van der Waals surface area contributed by atoms with Gasteiger partial charge in [0.25, 0.3) is 10.0 Å². The fraction of sp³-hybridized carbons (Fsp3) is 0.333. The molecule has 1 heterocycles. The second-order valence-corrected chi connectivity index (χ2v) is 8.17. The number of rotatable bonds is 2. The van der Waals surface area contributed by atoms with Crippen LogP contribution in [0.3, 0.4) is 0 Å². The third kappa shape index (κ3) is 2.66. The number of benzene rings is 2. The molecule has 2 aromatic carbocycles. The van der Waals surface area contributed by atoms with Crippen LogP contribution in [0, 0.1) is 0 Å². The maximum atomic E-state index is 13.1. The van der Waals surface area contributed by atoms with Gasteiger partial charge >= 0.3 is 0 Å². The van der Waals surface area contributed by atoms with Gasteiger partial charge in [-0.15, -0.1) is 12.4 Å². The number of hydrogen-bond donors (Lipinski definition) is 1. The summed E-state index contributed by atoms with van der Waals surface area (Å²) in [6.45, 7) is 0.510. The predicted octanol–water partition coefficient (Wildman–Crippen LogP) is 3.32. The summed E-state index contributed by atoms with van der Waals surface area (Å²) in [5, 5.41) is 0. The number of hydrogen-bond acceptors (Lipinski definition) is 3. The SMILES string of the molecule is Cl.Nc1cccc2c1CCCN2S(=O)(=O)c1ccc2c(c1)CCC2. The summed E-state index contributed by atoms with van der Waals surface area (Å²) in [5.74, 6) is 0. The van der Waals surface area contributed by atoms with E-state index in [0.29, 0.717) is 17.1 Å². The summed E-state index contributed by atoms with van der Waals surface area (Å²) in [7, 11) is -3.54. The number of nitrogen functional groups attached to an aromatic ring is 1. The number of nitrogens with two attached hydrogens (primary N) is 1. The molecule has 4 nitrogen and oxygen atoms in total. The molecule has 1 aliphatic carbocycles. The van der Waals surface area contributed by atoms with Gasteiger partial charge in [0.15, 0.2) is 0 Å². The van der Waals surface area contributed by atoms with Crippen LogP contribution in [0.2, 0.25) is 0 Å². The maximum Gasteiger partial charge on any atom is 0.264 e. The molecule has 0 bridgehead atoms. The zero-order valence-electron chi connectivity index (χ0n) is 13.4. The number of nitrogens with zero attached hydrogens (tertiary/aromatic N) is 1. The van der Waals surface area contributed by atoms with Crippen LogP contribution in [0.1, 0.15) is 29.5 Å². The Morgan fingerprint density at radius 3 is 2.58 bits per heavy atom. The van der Waals surface area contributed by atoms with E-state index in [0.717, 1.165) is 43.4 Å². The number of fused-ring (bicyclic) bond motifs is 2. The minimum atomic E-state index is -3.54. The van der Waals surface area contributed by atoms with Crippen molar-refractivity contribution in [1.29, 1.82) is 0 Å². The lowest BCUT2D eigenvalue weighted by molar-refractivity contribution is 0.586. The molecule has 0 fully saturated rings. The number of anilines is 2. The van der Waals surface area contributed by atoms with Gasteiger partial charge in [-0.2, -0.15) is 0 Å². The highest BCUT2D eigenvalue weighted by atomic mass is 35.5. The molecule has 0 saturated carbocycles. The zero-order chi connectivity index (χ0) is 16.0. The molecule has 0 amide bonds. The highest BCUT2D eigenvalue weighted by Crippen LogP contribution is 2.35. The summed E-state index contributed by atoms with van der Waals surface area (Å²) in [6, 6.07) is 11.1. The average molecular weight is 365 g/mol. The Kier molecular flexibility index (Phi) is 4.49. The third-order valence-corrected chi connectivity index (χ3v) is 6.71. The minimum Gasteiger partial charge on any atom is -0.398 e. The van der Waals surface area contributed by atoms with Crippen molar-refractivity contribution in [2.45, 2.75) is 37.0 Å². The van der Waals surface area contributed by atoms with Crippen LogP contribution in [0.25, 0.3) is 0 Å². The van der Waals surface area contributed by atoms with Crippen molar-refractivity contribution in [1.82, 2.24) is 0 Å². The molecule has 4 rings (SSSR count). The number of aryl methyl sites for hydroxylation is 2. The fourth-order valence-corrected chi connectivity index (χ4v) is 5.29. The lowest BCUT2D eigenvalue weighted by atomic mass is 10.0. The first-order chi connectivity index (χ1) is 11.1. The highest BCUT2D eigenvalue weighted by molar-refractivity contribution is 7.92. The van der Waals surface area contributed by atoms with Crippen molar-refractivity contribution in [3.8, 4) is 0 Å². The van der Waals surface area contributed by atoms with E-state index in [9.17, 15) is 8.42 Å². The average Bonchev–Trinajstić information content (AvgIpc) is 3.02. The molecule has 6 heteroatoms. The zero-order valence-corrected chi connectivity index (χ0v) is 15.0. The van der Waals surface area contributed by atoms with Gasteiger partial charge in [0, 0.05) is 12.2 Å². The second kappa shape index (κ2) is 6.30. The molecule has 0 spiro atoms. The van der Waals surface area contributed by atoms with Crippen LogP contribution in [-0.4, -0.2) is 15.0 Å². The summed E-state index contributed by atoms with van der Waals surface area (Å²) < 4.78 is 27.8. The molecule has 0 aromatic heterocycles. The fourth-order valence-electron chi connectivity index (χ4n) is 3.70. The molecular formula is C18H21ClN2O2S. The maximum absolute atomic E-state index is 13.1. The van der Waals surface area contributed by atoms with Gasteiger partial charge in [0.2, 0.25) is 0 Å². The molecular weight excluding hydrogens is 344 g/mol. The van der Waals surface area contributed by atoms with Gasteiger partial charge in [0.05, 0.1) is 10.6 Å². The molecule has 2 aromatic rings. The Morgan fingerprint density at radius 1 is 0.958 bits per heavy atom. The molecule has 24 heavy (non-hydrogen) atoms. The molecule has 2 N–H and O–H groups in total. The Morgan fingerprint density at radius 2 is 1.75 bits per heavy atom. The van der Waals surface area contributed by atoms with Crippen LogP contribution in [0.15, 0.2) is 41.3 Å². The van der Waals surface area contributed by atoms with Gasteiger partial charge < -0.3 is 5.73 Å². The Labute approximate surface area is 149 Å². The molecule has 0 atom stereocenters. The Hall–Kier alpha value is -1.72. The smallest absolute Gasteiger partial charge is 0.264 e. The summed E-state index contributed by atoms with van der Waals surface area (Å²) in [4.78, 5) is 0.397. The van der Waals surface area contributed by atoms with Gasteiger partial charge in [-0.05, 0) is 73.1 Å². The van der Waals surface area contributed by atoms with Crippen molar-refractivity contribution < 1.29 is 8.42 Å². The van der Waals surface area contributed by atoms with Crippen LogP contribution >= 0.6 is 12.4 Å². The molecule has 2 aliphatic rings. The second-order valence-electron chi connectivity index (χ2n) is 6.31. The van der Waals surface area contributed by atoms with Gasteiger partial charge in [0.1, 0.15) is 0 Å². The summed E-state index contributed by atoms with van der Waals surface area (Å²) in [5.41, 5.74) is 10.9. The minimum absolute atomic E-state index is 0. The molecule has 0 unspecified atom stereocenters.